The summed E-state index contributed by atoms with van der Waals surface area (Å²) in [7, 11) is 0. The molecule has 1 fully saturated rings. The van der Waals surface area contributed by atoms with E-state index in [2.05, 4.69) is 10.3 Å². The highest BCUT2D eigenvalue weighted by Gasteiger charge is 2.23. The standard InChI is InChI=1S/C17H24F2N4O2/c1-2-25-17(24)23-7-4-15(5-8-23)22-16(20)21-6-3-12-9-13(18)11-14(19)10-12/h9-11,15H,2-8H2,1H3,(H3,20,21,22). The topological polar surface area (TPSA) is 80.0 Å². The summed E-state index contributed by atoms with van der Waals surface area (Å²) in [6, 6.07) is 3.55. The van der Waals surface area contributed by atoms with Crippen LogP contribution in [0.5, 0.6) is 0 Å². The van der Waals surface area contributed by atoms with Gasteiger partial charge in [-0.25, -0.2) is 13.6 Å². The summed E-state index contributed by atoms with van der Waals surface area (Å²) >= 11 is 0. The molecule has 0 saturated carbocycles. The van der Waals surface area contributed by atoms with Gasteiger partial charge in [0.05, 0.1) is 6.61 Å². The average Bonchev–Trinajstić information content (AvgIpc) is 2.55. The van der Waals surface area contributed by atoms with Crippen LogP contribution in [0.2, 0.25) is 0 Å². The number of rotatable bonds is 5. The Morgan fingerprint density at radius 2 is 1.96 bits per heavy atom. The zero-order valence-electron chi connectivity index (χ0n) is 14.3. The van der Waals surface area contributed by atoms with Gasteiger partial charge in [0.15, 0.2) is 5.96 Å². The number of nitrogens with one attached hydrogen (secondary N) is 1. The molecule has 0 atom stereocenters. The lowest BCUT2D eigenvalue weighted by molar-refractivity contribution is 0.0963. The number of benzene rings is 1. The van der Waals surface area contributed by atoms with Crippen molar-refractivity contribution < 1.29 is 18.3 Å². The van der Waals surface area contributed by atoms with E-state index in [1.807, 2.05) is 0 Å². The Morgan fingerprint density at radius 3 is 2.56 bits per heavy atom. The van der Waals surface area contributed by atoms with Crippen molar-refractivity contribution >= 4 is 12.1 Å². The van der Waals surface area contributed by atoms with Gasteiger partial charge < -0.3 is 20.7 Å². The van der Waals surface area contributed by atoms with Gasteiger partial charge in [0.1, 0.15) is 11.6 Å². The highest BCUT2D eigenvalue weighted by Crippen LogP contribution is 2.11. The van der Waals surface area contributed by atoms with Crippen molar-refractivity contribution in [2.45, 2.75) is 32.2 Å². The Bertz CT molecular complexity index is 596. The third-order valence-electron chi connectivity index (χ3n) is 3.98. The van der Waals surface area contributed by atoms with E-state index in [1.54, 1.807) is 11.8 Å². The molecule has 8 heteroatoms. The highest BCUT2D eigenvalue weighted by atomic mass is 19.1. The van der Waals surface area contributed by atoms with E-state index in [1.165, 1.54) is 12.1 Å². The number of piperidine rings is 1. The largest absolute Gasteiger partial charge is 0.450 e. The third kappa shape index (κ3) is 6.21. The Labute approximate surface area is 146 Å². The maximum Gasteiger partial charge on any atom is 0.409 e. The van der Waals surface area contributed by atoms with Crippen LogP contribution in [-0.4, -0.2) is 49.2 Å². The van der Waals surface area contributed by atoms with E-state index in [-0.39, 0.29) is 12.1 Å². The number of guanidine groups is 1. The Balaban J connectivity index is 1.74. The fourth-order valence-electron chi connectivity index (χ4n) is 2.74. The SMILES string of the molecule is CCOC(=O)N1CCC(NC(N)=NCCc2cc(F)cc(F)c2)CC1. The zero-order valence-corrected chi connectivity index (χ0v) is 14.3. The van der Waals surface area contributed by atoms with Crippen molar-refractivity contribution in [2.75, 3.05) is 26.2 Å². The third-order valence-corrected chi connectivity index (χ3v) is 3.98. The molecule has 1 saturated heterocycles. The number of aliphatic imine (C=N–C) groups is 1. The molecule has 0 unspecified atom stereocenters. The van der Waals surface area contributed by atoms with E-state index in [0.29, 0.717) is 44.2 Å². The molecule has 1 aromatic carbocycles. The van der Waals surface area contributed by atoms with E-state index >= 15 is 0 Å². The van der Waals surface area contributed by atoms with Crippen LogP contribution in [0.25, 0.3) is 0 Å². The molecule has 1 aromatic rings. The van der Waals surface area contributed by atoms with Gasteiger partial charge in [-0.15, -0.1) is 0 Å². The molecule has 1 aliphatic heterocycles. The molecule has 0 bridgehead atoms. The average molecular weight is 354 g/mol. The lowest BCUT2D eigenvalue weighted by atomic mass is 10.1. The molecule has 0 aliphatic carbocycles. The summed E-state index contributed by atoms with van der Waals surface area (Å²) in [5.74, 6) is -0.900. The quantitative estimate of drug-likeness (QED) is 0.626. The van der Waals surface area contributed by atoms with Crippen LogP contribution in [0, 0.1) is 11.6 Å². The van der Waals surface area contributed by atoms with Gasteiger partial charge in [-0.3, -0.25) is 4.99 Å². The number of carbonyl (C=O) groups is 1. The van der Waals surface area contributed by atoms with Gasteiger partial charge in [-0.05, 0) is 43.9 Å². The monoisotopic (exact) mass is 354 g/mol. The smallest absolute Gasteiger partial charge is 0.409 e. The zero-order chi connectivity index (χ0) is 18.2. The van der Waals surface area contributed by atoms with Crippen LogP contribution >= 0.6 is 0 Å². The van der Waals surface area contributed by atoms with Gasteiger partial charge in [0, 0.05) is 31.7 Å². The summed E-state index contributed by atoms with van der Waals surface area (Å²) in [4.78, 5) is 17.5. The number of hydrogen-bond donors (Lipinski definition) is 2. The second-order valence-corrected chi connectivity index (χ2v) is 5.90. The summed E-state index contributed by atoms with van der Waals surface area (Å²) in [5.41, 5.74) is 6.39. The van der Waals surface area contributed by atoms with E-state index in [4.69, 9.17) is 10.5 Å². The first kappa shape index (κ1) is 19.0. The minimum absolute atomic E-state index is 0.140. The van der Waals surface area contributed by atoms with Crippen LogP contribution in [0.3, 0.4) is 0 Å². The van der Waals surface area contributed by atoms with Crippen molar-refractivity contribution in [1.82, 2.24) is 10.2 Å². The second-order valence-electron chi connectivity index (χ2n) is 5.90. The summed E-state index contributed by atoms with van der Waals surface area (Å²) in [5, 5.41) is 3.12. The summed E-state index contributed by atoms with van der Waals surface area (Å²) < 4.78 is 31.2. The second kappa shape index (κ2) is 9.19. The molecule has 2 rings (SSSR count). The first-order valence-corrected chi connectivity index (χ1v) is 8.41. The number of nitrogens with two attached hydrogens (primary N) is 1. The van der Waals surface area contributed by atoms with Crippen molar-refractivity contribution in [1.29, 1.82) is 0 Å². The van der Waals surface area contributed by atoms with Crippen molar-refractivity contribution in [2.24, 2.45) is 10.7 Å². The fourth-order valence-corrected chi connectivity index (χ4v) is 2.74. The highest BCUT2D eigenvalue weighted by molar-refractivity contribution is 5.78. The molecule has 3 N–H and O–H groups in total. The molecule has 25 heavy (non-hydrogen) atoms. The molecule has 1 aliphatic rings. The molecular weight excluding hydrogens is 330 g/mol. The van der Waals surface area contributed by atoms with Crippen molar-refractivity contribution in [3.05, 3.63) is 35.4 Å². The lowest BCUT2D eigenvalue weighted by Crippen LogP contribution is -2.48. The molecule has 0 radical (unpaired) electrons. The maximum atomic E-state index is 13.1. The molecule has 0 spiro atoms. The number of amides is 1. The minimum Gasteiger partial charge on any atom is -0.450 e. The molecule has 1 heterocycles. The first-order valence-electron chi connectivity index (χ1n) is 8.41. The fraction of sp³-hybridized carbons (Fsp3) is 0.529. The van der Waals surface area contributed by atoms with Crippen LogP contribution < -0.4 is 11.1 Å². The van der Waals surface area contributed by atoms with Gasteiger partial charge >= 0.3 is 6.09 Å². The molecule has 1 amide bonds. The lowest BCUT2D eigenvalue weighted by Gasteiger charge is -2.31. The first-order chi connectivity index (χ1) is 12.0. The van der Waals surface area contributed by atoms with Gasteiger partial charge in [0.25, 0.3) is 0 Å². The number of likely N-dealkylation sites (tertiary alicyclic amines) is 1. The molecule has 0 aromatic heterocycles. The van der Waals surface area contributed by atoms with Crippen LogP contribution in [-0.2, 0) is 11.2 Å². The van der Waals surface area contributed by atoms with E-state index < -0.39 is 11.6 Å². The summed E-state index contributed by atoms with van der Waals surface area (Å²) in [6.07, 6.45) is 1.62. The van der Waals surface area contributed by atoms with Crippen LogP contribution in [0.4, 0.5) is 13.6 Å². The van der Waals surface area contributed by atoms with Gasteiger partial charge in [-0.1, -0.05) is 0 Å². The van der Waals surface area contributed by atoms with Gasteiger partial charge in [-0.2, -0.15) is 0 Å². The van der Waals surface area contributed by atoms with Crippen LogP contribution in [0.1, 0.15) is 25.3 Å². The molecule has 138 valence electrons. The molecular formula is C17H24F2N4O2. The Kier molecular flexibility index (Phi) is 6.97. The predicted octanol–water partition coefficient (Wildman–Crippen LogP) is 2.03. The number of carbonyl (C=O) groups excluding carboxylic acids is 1. The predicted molar refractivity (Wildman–Crippen MR) is 91.3 cm³/mol. The van der Waals surface area contributed by atoms with Gasteiger partial charge in [0.2, 0.25) is 0 Å². The number of hydrogen-bond acceptors (Lipinski definition) is 3. The Morgan fingerprint density at radius 1 is 1.32 bits per heavy atom. The van der Waals surface area contributed by atoms with Crippen molar-refractivity contribution in [3.63, 3.8) is 0 Å². The minimum atomic E-state index is -0.599. The number of nitrogens with zero attached hydrogens (tertiary/aromatic N) is 2. The Hall–Kier alpha value is -2.38. The summed E-state index contributed by atoms with van der Waals surface area (Å²) in [6.45, 7) is 3.69. The van der Waals surface area contributed by atoms with Crippen LogP contribution in [0.15, 0.2) is 23.2 Å². The molecule has 6 nitrogen and oxygen atoms in total. The van der Waals surface area contributed by atoms with E-state index in [9.17, 15) is 13.6 Å². The maximum absolute atomic E-state index is 13.1. The van der Waals surface area contributed by atoms with E-state index in [0.717, 1.165) is 18.9 Å². The normalized spacial score (nSPS) is 16.0. The van der Waals surface area contributed by atoms with Crippen molar-refractivity contribution in [3.8, 4) is 0 Å². The number of ether oxygens (including phenoxy) is 1. The number of halogens is 2.